The van der Waals surface area contributed by atoms with Crippen molar-refractivity contribution in [2.24, 2.45) is 0 Å². The second kappa shape index (κ2) is 6.78. The molecule has 2 rings (SSSR count). The molecule has 0 bridgehead atoms. The Bertz CT molecular complexity index is 643. The highest BCUT2D eigenvalue weighted by atomic mass is 32.2. The van der Waals surface area contributed by atoms with Gasteiger partial charge in [0.25, 0.3) is 0 Å². The Morgan fingerprint density at radius 1 is 0.909 bits per heavy atom. The molecule has 0 aliphatic heterocycles. The first-order valence-corrected chi connectivity index (χ1v) is 9.25. The molecule has 0 saturated carbocycles. The molecule has 2 aromatic rings. The van der Waals surface area contributed by atoms with Gasteiger partial charge in [-0.05, 0) is 47.1 Å². The van der Waals surface area contributed by atoms with Gasteiger partial charge in [-0.25, -0.2) is 0 Å². The molecular formula is C20H26OS. The Hall–Kier alpha value is -1.41. The molecule has 0 radical (unpaired) electrons. The van der Waals surface area contributed by atoms with Gasteiger partial charge in [-0.2, -0.15) is 0 Å². The fourth-order valence-electron chi connectivity index (χ4n) is 2.63. The standard InChI is InChI=1S/C20H26OS/c1-15-11-18(20(3,4)5)12-16(2)19(15)14-22(21)13-17-9-7-6-8-10-17/h6-12H,13-14H2,1-5H3. The van der Waals surface area contributed by atoms with Crippen LogP contribution in [-0.4, -0.2) is 4.21 Å². The molecule has 1 nitrogen and oxygen atoms in total. The van der Waals surface area contributed by atoms with Crippen LogP contribution in [0, 0.1) is 13.8 Å². The van der Waals surface area contributed by atoms with Crippen LogP contribution in [-0.2, 0) is 27.7 Å². The van der Waals surface area contributed by atoms with Crippen LogP contribution in [0.1, 0.15) is 48.6 Å². The molecule has 22 heavy (non-hydrogen) atoms. The minimum absolute atomic E-state index is 0.150. The minimum Gasteiger partial charge on any atom is -0.259 e. The molecule has 0 heterocycles. The second-order valence-electron chi connectivity index (χ2n) is 7.05. The normalized spacial score (nSPS) is 13.1. The molecule has 0 spiro atoms. The van der Waals surface area contributed by atoms with E-state index in [4.69, 9.17) is 0 Å². The molecule has 2 heteroatoms. The average molecular weight is 314 g/mol. The van der Waals surface area contributed by atoms with Gasteiger partial charge in [-0.15, -0.1) is 0 Å². The van der Waals surface area contributed by atoms with Crippen molar-refractivity contribution in [2.75, 3.05) is 0 Å². The van der Waals surface area contributed by atoms with Crippen molar-refractivity contribution in [1.82, 2.24) is 0 Å². The second-order valence-corrected chi connectivity index (χ2v) is 8.51. The molecule has 1 atom stereocenters. The molecule has 0 aliphatic carbocycles. The molecule has 1 unspecified atom stereocenters. The summed E-state index contributed by atoms with van der Waals surface area (Å²) in [7, 11) is -0.870. The van der Waals surface area contributed by atoms with Crippen LogP contribution in [0.2, 0.25) is 0 Å². The van der Waals surface area contributed by atoms with Crippen molar-refractivity contribution in [2.45, 2.75) is 51.5 Å². The summed E-state index contributed by atoms with van der Waals surface area (Å²) in [5.41, 5.74) is 6.39. The van der Waals surface area contributed by atoms with Gasteiger partial charge in [0.05, 0.1) is 0 Å². The molecule has 0 aliphatic rings. The summed E-state index contributed by atoms with van der Waals surface area (Å²) < 4.78 is 12.5. The Morgan fingerprint density at radius 2 is 1.45 bits per heavy atom. The number of benzene rings is 2. The Balaban J connectivity index is 2.18. The maximum absolute atomic E-state index is 12.5. The van der Waals surface area contributed by atoms with Crippen LogP contribution in [0.5, 0.6) is 0 Å². The highest BCUT2D eigenvalue weighted by molar-refractivity contribution is 7.83. The van der Waals surface area contributed by atoms with Crippen molar-refractivity contribution in [3.05, 3.63) is 70.3 Å². The molecule has 0 fully saturated rings. The van der Waals surface area contributed by atoms with E-state index in [0.29, 0.717) is 11.5 Å². The average Bonchev–Trinajstić information content (AvgIpc) is 2.42. The van der Waals surface area contributed by atoms with Crippen molar-refractivity contribution in [1.29, 1.82) is 0 Å². The zero-order chi connectivity index (χ0) is 16.3. The quantitative estimate of drug-likeness (QED) is 0.772. The van der Waals surface area contributed by atoms with Gasteiger partial charge in [0.1, 0.15) is 0 Å². The lowest BCUT2D eigenvalue weighted by atomic mass is 9.84. The Morgan fingerprint density at radius 3 is 1.95 bits per heavy atom. The monoisotopic (exact) mass is 314 g/mol. The smallest absolute Gasteiger partial charge is 0.0494 e. The van der Waals surface area contributed by atoms with E-state index in [9.17, 15) is 4.21 Å². The predicted molar refractivity (Wildman–Crippen MR) is 96.6 cm³/mol. The number of hydrogen-bond donors (Lipinski definition) is 0. The number of hydrogen-bond acceptors (Lipinski definition) is 1. The first-order chi connectivity index (χ1) is 10.3. The van der Waals surface area contributed by atoms with Crippen molar-refractivity contribution in [3.8, 4) is 0 Å². The van der Waals surface area contributed by atoms with Gasteiger partial charge < -0.3 is 0 Å². The van der Waals surface area contributed by atoms with Gasteiger partial charge >= 0.3 is 0 Å². The minimum atomic E-state index is -0.870. The van der Waals surface area contributed by atoms with E-state index in [1.165, 1.54) is 22.3 Å². The Labute approximate surface area is 137 Å². The third kappa shape index (κ3) is 4.30. The summed E-state index contributed by atoms with van der Waals surface area (Å²) in [6.07, 6.45) is 0. The maximum atomic E-state index is 12.5. The summed E-state index contributed by atoms with van der Waals surface area (Å²) in [5, 5.41) is 0. The fourth-order valence-corrected chi connectivity index (χ4v) is 4.07. The largest absolute Gasteiger partial charge is 0.259 e. The summed E-state index contributed by atoms with van der Waals surface area (Å²) >= 11 is 0. The van der Waals surface area contributed by atoms with E-state index >= 15 is 0 Å². The van der Waals surface area contributed by atoms with Gasteiger partial charge in [0.15, 0.2) is 0 Å². The van der Waals surface area contributed by atoms with E-state index in [1.807, 2.05) is 30.3 Å². The first kappa shape index (κ1) is 17.0. The van der Waals surface area contributed by atoms with Crippen molar-refractivity contribution >= 4 is 10.8 Å². The number of aryl methyl sites for hydroxylation is 2. The summed E-state index contributed by atoms with van der Waals surface area (Å²) in [6, 6.07) is 14.6. The van der Waals surface area contributed by atoms with Gasteiger partial charge in [-0.1, -0.05) is 63.2 Å². The van der Waals surface area contributed by atoms with Crippen molar-refractivity contribution < 1.29 is 4.21 Å². The van der Waals surface area contributed by atoms with Crippen LogP contribution in [0.3, 0.4) is 0 Å². The summed E-state index contributed by atoms with van der Waals surface area (Å²) in [4.78, 5) is 0. The zero-order valence-electron chi connectivity index (χ0n) is 14.3. The van der Waals surface area contributed by atoms with Crippen LogP contribution < -0.4 is 0 Å². The third-order valence-electron chi connectivity index (χ3n) is 4.04. The summed E-state index contributed by atoms with van der Waals surface area (Å²) in [6.45, 7) is 11.0. The zero-order valence-corrected chi connectivity index (χ0v) is 15.1. The fraction of sp³-hybridized carbons (Fsp3) is 0.400. The molecule has 2 aromatic carbocycles. The van der Waals surface area contributed by atoms with Gasteiger partial charge in [0.2, 0.25) is 0 Å². The van der Waals surface area contributed by atoms with E-state index in [1.54, 1.807) is 0 Å². The van der Waals surface area contributed by atoms with Gasteiger partial charge in [-0.3, -0.25) is 4.21 Å². The van der Waals surface area contributed by atoms with E-state index in [-0.39, 0.29) is 5.41 Å². The topological polar surface area (TPSA) is 17.1 Å². The Kier molecular flexibility index (Phi) is 5.23. The lowest BCUT2D eigenvalue weighted by Crippen LogP contribution is -2.13. The highest BCUT2D eigenvalue weighted by Crippen LogP contribution is 2.27. The lowest BCUT2D eigenvalue weighted by molar-refractivity contribution is 0.589. The molecule has 0 amide bonds. The molecular weight excluding hydrogens is 288 g/mol. The van der Waals surface area contributed by atoms with Crippen LogP contribution in [0.4, 0.5) is 0 Å². The van der Waals surface area contributed by atoms with Crippen LogP contribution >= 0.6 is 0 Å². The van der Waals surface area contributed by atoms with Crippen molar-refractivity contribution in [3.63, 3.8) is 0 Å². The summed E-state index contributed by atoms with van der Waals surface area (Å²) in [5.74, 6) is 1.26. The highest BCUT2D eigenvalue weighted by Gasteiger charge is 2.17. The van der Waals surface area contributed by atoms with Crippen LogP contribution in [0.25, 0.3) is 0 Å². The lowest BCUT2D eigenvalue weighted by Gasteiger charge is -2.22. The van der Waals surface area contributed by atoms with Gasteiger partial charge in [0, 0.05) is 22.3 Å². The first-order valence-electron chi connectivity index (χ1n) is 7.77. The van der Waals surface area contributed by atoms with E-state index < -0.39 is 10.8 Å². The molecule has 0 N–H and O–H groups in total. The SMILES string of the molecule is Cc1cc(C(C)(C)C)cc(C)c1CS(=O)Cc1ccccc1. The maximum Gasteiger partial charge on any atom is 0.0494 e. The van der Waals surface area contributed by atoms with Crippen LogP contribution in [0.15, 0.2) is 42.5 Å². The molecule has 118 valence electrons. The third-order valence-corrected chi connectivity index (χ3v) is 5.30. The predicted octanol–water partition coefficient (Wildman–Crippen LogP) is 5.05. The van der Waals surface area contributed by atoms with E-state index in [0.717, 1.165) is 5.56 Å². The molecule has 0 aromatic heterocycles. The van der Waals surface area contributed by atoms with E-state index in [2.05, 4.69) is 46.8 Å². The number of rotatable bonds is 4. The molecule has 0 saturated heterocycles.